The molecule has 104 valence electrons. The second-order valence-electron chi connectivity index (χ2n) is 5.20. The average Bonchev–Trinajstić information content (AvgIpc) is 2.93. The van der Waals surface area contributed by atoms with E-state index >= 15 is 0 Å². The van der Waals surface area contributed by atoms with Gasteiger partial charge < -0.3 is 15.0 Å². The fourth-order valence-electron chi connectivity index (χ4n) is 2.66. The van der Waals surface area contributed by atoms with Crippen molar-refractivity contribution in [2.75, 3.05) is 13.2 Å². The van der Waals surface area contributed by atoms with Crippen molar-refractivity contribution >= 4 is 5.91 Å². The molecule has 1 aromatic rings. The van der Waals surface area contributed by atoms with Gasteiger partial charge in [-0.3, -0.25) is 10.1 Å². The van der Waals surface area contributed by atoms with Gasteiger partial charge in [-0.05, 0) is 19.3 Å². The summed E-state index contributed by atoms with van der Waals surface area (Å²) >= 11 is 0. The number of nitrogens with one attached hydrogen (secondary N) is 3. The van der Waals surface area contributed by atoms with E-state index in [1.165, 1.54) is 6.42 Å². The molecule has 1 amide bonds. The minimum absolute atomic E-state index is 0.0443. The van der Waals surface area contributed by atoms with Crippen LogP contribution in [0.4, 0.5) is 0 Å². The number of rotatable bonds is 3. The van der Waals surface area contributed by atoms with Gasteiger partial charge in [-0.25, -0.2) is 4.98 Å². The van der Waals surface area contributed by atoms with Crippen LogP contribution < -0.4 is 10.6 Å². The zero-order valence-corrected chi connectivity index (χ0v) is 10.9. The maximum absolute atomic E-state index is 12.1. The molecule has 0 aromatic carbocycles. The summed E-state index contributed by atoms with van der Waals surface area (Å²) in [5.41, 5.74) is 2.08. The van der Waals surface area contributed by atoms with Crippen LogP contribution >= 0.6 is 0 Å². The van der Waals surface area contributed by atoms with Crippen molar-refractivity contribution in [2.45, 2.75) is 44.4 Å². The van der Waals surface area contributed by atoms with E-state index < -0.39 is 0 Å². The smallest absolute Gasteiger partial charge is 0.237 e. The molecule has 2 aliphatic heterocycles. The second-order valence-corrected chi connectivity index (χ2v) is 5.20. The van der Waals surface area contributed by atoms with E-state index in [2.05, 4.69) is 20.6 Å². The Morgan fingerprint density at radius 3 is 3.32 bits per heavy atom. The number of H-pyrrole nitrogens is 1. The van der Waals surface area contributed by atoms with Crippen molar-refractivity contribution in [3.8, 4) is 0 Å². The quantitative estimate of drug-likeness (QED) is 0.724. The van der Waals surface area contributed by atoms with Crippen LogP contribution in [0.2, 0.25) is 0 Å². The van der Waals surface area contributed by atoms with Gasteiger partial charge in [-0.15, -0.1) is 0 Å². The molecule has 0 saturated carbocycles. The molecule has 2 aliphatic rings. The number of hydrogen-bond acceptors (Lipinski definition) is 4. The lowest BCUT2D eigenvalue weighted by Gasteiger charge is -2.25. The van der Waals surface area contributed by atoms with Crippen molar-refractivity contribution in [1.82, 2.24) is 20.6 Å². The van der Waals surface area contributed by atoms with Gasteiger partial charge in [0.05, 0.1) is 29.9 Å². The largest absolute Gasteiger partial charge is 0.376 e. The predicted molar refractivity (Wildman–Crippen MR) is 69.5 cm³/mol. The normalized spacial score (nSPS) is 26.7. The van der Waals surface area contributed by atoms with Crippen molar-refractivity contribution in [3.63, 3.8) is 0 Å². The fraction of sp³-hybridized carbons (Fsp3) is 0.692. The van der Waals surface area contributed by atoms with Gasteiger partial charge in [0.15, 0.2) is 0 Å². The molecule has 19 heavy (non-hydrogen) atoms. The first-order valence-electron chi connectivity index (χ1n) is 6.97. The Labute approximate surface area is 112 Å². The Kier molecular flexibility index (Phi) is 3.79. The molecule has 1 saturated heterocycles. The molecule has 2 unspecified atom stereocenters. The minimum atomic E-state index is -0.181. The maximum Gasteiger partial charge on any atom is 0.237 e. The van der Waals surface area contributed by atoms with E-state index in [-0.39, 0.29) is 18.1 Å². The zero-order valence-electron chi connectivity index (χ0n) is 10.9. The molecule has 0 radical (unpaired) electrons. The van der Waals surface area contributed by atoms with Gasteiger partial charge in [-0.2, -0.15) is 0 Å². The summed E-state index contributed by atoms with van der Waals surface area (Å²) in [5, 5.41) is 6.21. The summed E-state index contributed by atoms with van der Waals surface area (Å²) in [7, 11) is 0. The lowest BCUT2D eigenvalue weighted by atomic mass is 10.0. The molecule has 1 fully saturated rings. The number of ether oxygens (including phenoxy) is 1. The number of aromatic nitrogens is 2. The van der Waals surface area contributed by atoms with Crippen LogP contribution in [0.3, 0.4) is 0 Å². The fourth-order valence-corrected chi connectivity index (χ4v) is 2.66. The van der Waals surface area contributed by atoms with Crippen LogP contribution in [0.5, 0.6) is 0 Å². The SMILES string of the molecule is O=C(NCC1CCCCO1)C1Cc2nc[nH]c2CN1. The molecule has 1 aromatic heterocycles. The highest BCUT2D eigenvalue weighted by Gasteiger charge is 2.26. The van der Waals surface area contributed by atoms with Gasteiger partial charge >= 0.3 is 0 Å². The van der Waals surface area contributed by atoms with E-state index in [1.54, 1.807) is 6.33 Å². The molecule has 3 rings (SSSR count). The molecule has 0 bridgehead atoms. The first kappa shape index (κ1) is 12.6. The van der Waals surface area contributed by atoms with Crippen molar-refractivity contribution in [1.29, 1.82) is 0 Å². The molecule has 6 heteroatoms. The first-order chi connectivity index (χ1) is 9.33. The van der Waals surface area contributed by atoms with Gasteiger partial charge in [-0.1, -0.05) is 0 Å². The topological polar surface area (TPSA) is 79.0 Å². The Hall–Kier alpha value is -1.40. The summed E-state index contributed by atoms with van der Waals surface area (Å²) in [6, 6.07) is -0.181. The monoisotopic (exact) mass is 264 g/mol. The molecule has 3 N–H and O–H groups in total. The first-order valence-corrected chi connectivity index (χ1v) is 6.97. The average molecular weight is 264 g/mol. The Morgan fingerprint density at radius 1 is 1.53 bits per heavy atom. The van der Waals surface area contributed by atoms with Crippen LogP contribution in [-0.4, -0.2) is 41.2 Å². The summed E-state index contributed by atoms with van der Waals surface area (Å²) in [6.45, 7) is 2.11. The van der Waals surface area contributed by atoms with E-state index in [9.17, 15) is 4.79 Å². The predicted octanol–water partition coefficient (Wildman–Crippen LogP) is 0.109. The molecular weight excluding hydrogens is 244 g/mol. The third-order valence-electron chi connectivity index (χ3n) is 3.82. The van der Waals surface area contributed by atoms with Gasteiger partial charge in [0.25, 0.3) is 0 Å². The van der Waals surface area contributed by atoms with Gasteiger partial charge in [0, 0.05) is 26.1 Å². The highest BCUT2D eigenvalue weighted by molar-refractivity contribution is 5.82. The van der Waals surface area contributed by atoms with Gasteiger partial charge in [0.1, 0.15) is 0 Å². The maximum atomic E-state index is 12.1. The number of carbonyl (C=O) groups excluding carboxylic acids is 1. The third kappa shape index (κ3) is 2.96. The molecule has 0 aliphatic carbocycles. The van der Waals surface area contributed by atoms with Crippen molar-refractivity contribution in [2.24, 2.45) is 0 Å². The standard InChI is InChI=1S/C13H20N4O2/c18-13(15-6-9-3-1-2-4-19-9)11-5-10-12(7-14-11)17-8-16-10/h8-9,11,14H,1-7H2,(H,15,18)(H,16,17). The highest BCUT2D eigenvalue weighted by atomic mass is 16.5. The minimum Gasteiger partial charge on any atom is -0.376 e. The van der Waals surface area contributed by atoms with Crippen LogP contribution in [0.25, 0.3) is 0 Å². The molecule has 3 heterocycles. The number of hydrogen-bond donors (Lipinski definition) is 3. The lowest BCUT2D eigenvalue weighted by Crippen LogP contribution is -2.49. The Morgan fingerprint density at radius 2 is 2.47 bits per heavy atom. The molecule has 6 nitrogen and oxygen atoms in total. The summed E-state index contributed by atoms with van der Waals surface area (Å²) in [4.78, 5) is 19.4. The summed E-state index contributed by atoms with van der Waals surface area (Å²) in [5.74, 6) is 0.0443. The molecular formula is C13H20N4O2. The molecule has 0 spiro atoms. The van der Waals surface area contributed by atoms with E-state index in [1.807, 2.05) is 0 Å². The van der Waals surface area contributed by atoms with E-state index in [0.717, 1.165) is 30.8 Å². The number of fused-ring (bicyclic) bond motifs is 1. The van der Waals surface area contributed by atoms with Crippen LogP contribution in [-0.2, 0) is 22.5 Å². The lowest BCUT2D eigenvalue weighted by molar-refractivity contribution is -0.124. The van der Waals surface area contributed by atoms with Crippen LogP contribution in [0, 0.1) is 0 Å². The van der Waals surface area contributed by atoms with Crippen LogP contribution in [0.15, 0.2) is 6.33 Å². The number of amides is 1. The van der Waals surface area contributed by atoms with Crippen molar-refractivity contribution in [3.05, 3.63) is 17.7 Å². The van der Waals surface area contributed by atoms with Gasteiger partial charge in [0.2, 0.25) is 5.91 Å². The number of aromatic amines is 1. The molecule has 2 atom stereocenters. The zero-order chi connectivity index (χ0) is 13.1. The Balaban J connectivity index is 1.48. The van der Waals surface area contributed by atoms with Crippen molar-refractivity contribution < 1.29 is 9.53 Å². The Bertz CT molecular complexity index is 440. The summed E-state index contributed by atoms with van der Waals surface area (Å²) < 4.78 is 5.61. The van der Waals surface area contributed by atoms with E-state index in [4.69, 9.17) is 4.74 Å². The number of imidazole rings is 1. The highest BCUT2D eigenvalue weighted by Crippen LogP contribution is 2.13. The third-order valence-corrected chi connectivity index (χ3v) is 3.82. The second kappa shape index (κ2) is 5.71. The van der Waals surface area contributed by atoms with Crippen LogP contribution in [0.1, 0.15) is 30.7 Å². The summed E-state index contributed by atoms with van der Waals surface area (Å²) in [6.07, 6.45) is 5.89. The number of nitrogens with zero attached hydrogens (tertiary/aromatic N) is 1. The number of carbonyl (C=O) groups is 1. The van der Waals surface area contributed by atoms with E-state index in [0.29, 0.717) is 19.5 Å².